The van der Waals surface area contributed by atoms with Crippen molar-refractivity contribution in [2.24, 2.45) is 0 Å². The molecule has 0 fully saturated rings. The monoisotopic (exact) mass is 230 g/mol. The lowest BCUT2D eigenvalue weighted by atomic mass is 10.3. The van der Waals surface area contributed by atoms with Crippen molar-refractivity contribution >= 4 is 17.3 Å². The SMILES string of the molecule is CCOc1ccc(Nc2ccc(N)nn2)cc1. The van der Waals surface area contributed by atoms with E-state index in [9.17, 15) is 0 Å². The Balaban J connectivity index is 2.05. The Morgan fingerprint density at radius 2 is 1.88 bits per heavy atom. The lowest BCUT2D eigenvalue weighted by Crippen LogP contribution is -1.98. The molecule has 0 amide bonds. The van der Waals surface area contributed by atoms with E-state index in [2.05, 4.69) is 15.5 Å². The zero-order valence-corrected chi connectivity index (χ0v) is 9.55. The second-order valence-electron chi connectivity index (χ2n) is 3.43. The van der Waals surface area contributed by atoms with Crippen LogP contribution in [0, 0.1) is 0 Å². The Labute approximate surface area is 99.6 Å². The molecule has 0 bridgehead atoms. The fourth-order valence-electron chi connectivity index (χ4n) is 1.36. The zero-order valence-electron chi connectivity index (χ0n) is 9.55. The molecule has 0 radical (unpaired) electrons. The number of aromatic nitrogens is 2. The number of nitrogens with zero attached hydrogens (tertiary/aromatic N) is 2. The fourth-order valence-corrected chi connectivity index (χ4v) is 1.36. The number of hydrogen-bond acceptors (Lipinski definition) is 5. The van der Waals surface area contributed by atoms with E-state index in [0.29, 0.717) is 18.2 Å². The molecule has 1 aromatic heterocycles. The average Bonchev–Trinajstić information content (AvgIpc) is 2.35. The van der Waals surface area contributed by atoms with Gasteiger partial charge in [0, 0.05) is 5.69 Å². The number of anilines is 3. The molecular weight excluding hydrogens is 216 g/mol. The summed E-state index contributed by atoms with van der Waals surface area (Å²) in [6.45, 7) is 2.62. The van der Waals surface area contributed by atoms with Gasteiger partial charge in [-0.05, 0) is 43.3 Å². The summed E-state index contributed by atoms with van der Waals surface area (Å²) < 4.78 is 5.35. The third-order valence-electron chi connectivity index (χ3n) is 2.12. The van der Waals surface area contributed by atoms with Crippen molar-refractivity contribution in [3.8, 4) is 5.75 Å². The molecule has 0 unspecified atom stereocenters. The summed E-state index contributed by atoms with van der Waals surface area (Å²) in [4.78, 5) is 0. The highest BCUT2D eigenvalue weighted by atomic mass is 16.5. The van der Waals surface area contributed by atoms with Crippen LogP contribution < -0.4 is 15.8 Å². The van der Waals surface area contributed by atoms with Crippen LogP contribution in [0.1, 0.15) is 6.92 Å². The molecule has 0 atom stereocenters. The minimum atomic E-state index is 0.405. The Morgan fingerprint density at radius 3 is 2.47 bits per heavy atom. The van der Waals surface area contributed by atoms with E-state index in [4.69, 9.17) is 10.5 Å². The van der Waals surface area contributed by atoms with Gasteiger partial charge in [0.2, 0.25) is 0 Å². The van der Waals surface area contributed by atoms with Gasteiger partial charge in [0.05, 0.1) is 6.61 Å². The summed E-state index contributed by atoms with van der Waals surface area (Å²) in [6, 6.07) is 11.1. The van der Waals surface area contributed by atoms with Gasteiger partial charge in [-0.3, -0.25) is 0 Å². The molecule has 0 saturated carbocycles. The van der Waals surface area contributed by atoms with Crippen molar-refractivity contribution in [1.82, 2.24) is 10.2 Å². The molecule has 0 saturated heterocycles. The Hall–Kier alpha value is -2.30. The van der Waals surface area contributed by atoms with Crippen molar-refractivity contribution < 1.29 is 4.74 Å². The van der Waals surface area contributed by atoms with Crippen LogP contribution in [0.15, 0.2) is 36.4 Å². The van der Waals surface area contributed by atoms with Gasteiger partial charge in [-0.15, -0.1) is 10.2 Å². The predicted molar refractivity (Wildman–Crippen MR) is 67.3 cm³/mol. The maximum atomic E-state index is 5.46. The zero-order chi connectivity index (χ0) is 12.1. The third kappa shape index (κ3) is 3.07. The summed E-state index contributed by atoms with van der Waals surface area (Å²) in [7, 11) is 0. The van der Waals surface area contributed by atoms with E-state index in [1.54, 1.807) is 12.1 Å². The first kappa shape index (κ1) is 11.2. The van der Waals surface area contributed by atoms with Crippen molar-refractivity contribution in [3.05, 3.63) is 36.4 Å². The minimum absolute atomic E-state index is 0.405. The molecule has 1 heterocycles. The average molecular weight is 230 g/mol. The quantitative estimate of drug-likeness (QED) is 0.842. The highest BCUT2D eigenvalue weighted by Crippen LogP contribution is 2.18. The van der Waals surface area contributed by atoms with E-state index in [0.717, 1.165) is 11.4 Å². The summed E-state index contributed by atoms with van der Waals surface area (Å²) >= 11 is 0. The van der Waals surface area contributed by atoms with Crippen LogP contribution in [0.4, 0.5) is 17.3 Å². The first-order chi connectivity index (χ1) is 8.28. The number of benzene rings is 1. The highest BCUT2D eigenvalue weighted by molar-refractivity contribution is 5.57. The van der Waals surface area contributed by atoms with E-state index in [-0.39, 0.29) is 0 Å². The Morgan fingerprint density at radius 1 is 1.12 bits per heavy atom. The molecule has 0 aliphatic rings. The van der Waals surface area contributed by atoms with Gasteiger partial charge in [0.25, 0.3) is 0 Å². The number of nitrogens with one attached hydrogen (secondary N) is 1. The molecule has 88 valence electrons. The molecule has 1 aromatic carbocycles. The van der Waals surface area contributed by atoms with Gasteiger partial charge in [-0.1, -0.05) is 0 Å². The van der Waals surface area contributed by atoms with Crippen LogP contribution in [0.3, 0.4) is 0 Å². The molecule has 3 N–H and O–H groups in total. The fraction of sp³-hybridized carbons (Fsp3) is 0.167. The molecule has 17 heavy (non-hydrogen) atoms. The molecule has 5 nitrogen and oxygen atoms in total. The second-order valence-corrected chi connectivity index (χ2v) is 3.43. The molecule has 0 aliphatic carbocycles. The van der Waals surface area contributed by atoms with Gasteiger partial charge >= 0.3 is 0 Å². The number of nitrogen functional groups attached to an aromatic ring is 1. The van der Waals surface area contributed by atoms with Gasteiger partial charge < -0.3 is 15.8 Å². The van der Waals surface area contributed by atoms with E-state index in [1.807, 2.05) is 31.2 Å². The van der Waals surface area contributed by atoms with Crippen LogP contribution in [0.2, 0.25) is 0 Å². The van der Waals surface area contributed by atoms with Crippen molar-refractivity contribution in [2.45, 2.75) is 6.92 Å². The van der Waals surface area contributed by atoms with Gasteiger partial charge in [0.1, 0.15) is 11.6 Å². The predicted octanol–water partition coefficient (Wildman–Crippen LogP) is 2.20. The summed E-state index contributed by atoms with van der Waals surface area (Å²) in [5, 5.41) is 10.8. The summed E-state index contributed by atoms with van der Waals surface area (Å²) in [6.07, 6.45) is 0. The van der Waals surface area contributed by atoms with Gasteiger partial charge in [-0.2, -0.15) is 0 Å². The number of hydrogen-bond donors (Lipinski definition) is 2. The lowest BCUT2D eigenvalue weighted by Gasteiger charge is -2.06. The second kappa shape index (κ2) is 5.16. The topological polar surface area (TPSA) is 73.1 Å². The van der Waals surface area contributed by atoms with Crippen molar-refractivity contribution in [3.63, 3.8) is 0 Å². The third-order valence-corrected chi connectivity index (χ3v) is 2.12. The Bertz CT molecular complexity index is 467. The van der Waals surface area contributed by atoms with Crippen LogP contribution in [-0.2, 0) is 0 Å². The highest BCUT2D eigenvalue weighted by Gasteiger charge is 1.97. The molecule has 2 aromatic rings. The smallest absolute Gasteiger partial charge is 0.153 e. The molecule has 2 rings (SSSR count). The first-order valence-electron chi connectivity index (χ1n) is 5.37. The normalized spacial score (nSPS) is 9.94. The summed E-state index contributed by atoms with van der Waals surface area (Å²) in [5.41, 5.74) is 6.38. The number of ether oxygens (including phenoxy) is 1. The summed E-state index contributed by atoms with van der Waals surface area (Å²) in [5.74, 6) is 1.91. The van der Waals surface area contributed by atoms with Crippen LogP contribution in [-0.4, -0.2) is 16.8 Å². The van der Waals surface area contributed by atoms with E-state index < -0.39 is 0 Å². The number of rotatable bonds is 4. The van der Waals surface area contributed by atoms with Crippen LogP contribution in [0.25, 0.3) is 0 Å². The maximum absolute atomic E-state index is 5.46. The van der Waals surface area contributed by atoms with E-state index in [1.165, 1.54) is 0 Å². The van der Waals surface area contributed by atoms with E-state index >= 15 is 0 Å². The first-order valence-corrected chi connectivity index (χ1v) is 5.37. The molecule has 5 heteroatoms. The van der Waals surface area contributed by atoms with Crippen molar-refractivity contribution in [2.75, 3.05) is 17.7 Å². The maximum Gasteiger partial charge on any atom is 0.153 e. The lowest BCUT2D eigenvalue weighted by molar-refractivity contribution is 0.340. The molecule has 0 aliphatic heterocycles. The molecular formula is C12H14N4O. The van der Waals surface area contributed by atoms with Gasteiger partial charge in [-0.25, -0.2) is 0 Å². The van der Waals surface area contributed by atoms with Crippen LogP contribution in [0.5, 0.6) is 5.75 Å². The van der Waals surface area contributed by atoms with Crippen molar-refractivity contribution in [1.29, 1.82) is 0 Å². The van der Waals surface area contributed by atoms with Gasteiger partial charge in [0.15, 0.2) is 5.82 Å². The largest absolute Gasteiger partial charge is 0.494 e. The standard InChI is InChI=1S/C12H14N4O/c1-2-17-10-5-3-9(4-6-10)14-12-8-7-11(13)15-16-12/h3-8H,2H2,1H3,(H2,13,15)(H,14,16). The molecule has 0 spiro atoms. The number of nitrogens with two attached hydrogens (primary N) is 1. The Kier molecular flexibility index (Phi) is 3.40. The minimum Gasteiger partial charge on any atom is -0.494 e. The van der Waals surface area contributed by atoms with Crippen LogP contribution >= 0.6 is 0 Å².